The molecule has 0 aromatic heterocycles. The molecule has 1 saturated carbocycles. The Kier molecular flexibility index (Phi) is 9.54. The summed E-state index contributed by atoms with van der Waals surface area (Å²) in [5.74, 6) is -1.25. The van der Waals surface area contributed by atoms with Gasteiger partial charge in [0.2, 0.25) is 5.91 Å². The van der Waals surface area contributed by atoms with Crippen molar-refractivity contribution in [2.45, 2.75) is 52.3 Å². The van der Waals surface area contributed by atoms with E-state index in [2.05, 4.69) is 15.4 Å². The van der Waals surface area contributed by atoms with Gasteiger partial charge in [0, 0.05) is 19.5 Å². The van der Waals surface area contributed by atoms with Gasteiger partial charge in [-0.1, -0.05) is 38.8 Å². The first-order chi connectivity index (χ1) is 15.9. The number of benzene rings is 1. The van der Waals surface area contributed by atoms with Crippen LogP contribution >= 0.6 is 0 Å². The molecule has 0 atom stereocenters. The van der Waals surface area contributed by atoms with Crippen LogP contribution in [0.5, 0.6) is 5.75 Å². The van der Waals surface area contributed by atoms with Crippen molar-refractivity contribution in [3.8, 4) is 5.75 Å². The predicted octanol–water partition coefficient (Wildman–Crippen LogP) is 3.65. The monoisotopic (exact) mass is 488 g/mol. The summed E-state index contributed by atoms with van der Waals surface area (Å²) < 4.78 is 41.6. The van der Waals surface area contributed by atoms with E-state index in [-0.39, 0.29) is 31.1 Å². The molecule has 4 amide bonds. The second-order valence-electron chi connectivity index (χ2n) is 9.15. The van der Waals surface area contributed by atoms with Crippen molar-refractivity contribution in [1.82, 2.24) is 15.7 Å². The molecular weight excluding hydrogens is 457 g/mol. The number of ether oxygens (including phenoxy) is 1. The minimum Gasteiger partial charge on any atom is -0.404 e. The molecule has 0 aliphatic heterocycles. The summed E-state index contributed by atoms with van der Waals surface area (Å²) in [5.41, 5.74) is 0.656. The molecule has 1 aliphatic carbocycles. The highest BCUT2D eigenvalue weighted by Gasteiger charge is 2.32. The highest BCUT2D eigenvalue weighted by molar-refractivity contribution is 5.91. The fraction of sp³-hybridized carbons (Fsp3) is 0.591. The summed E-state index contributed by atoms with van der Waals surface area (Å²) in [6.07, 6.45) is -0.828. The summed E-state index contributed by atoms with van der Waals surface area (Å²) in [7, 11) is 0. The van der Waals surface area contributed by atoms with Crippen molar-refractivity contribution >= 4 is 23.5 Å². The molecule has 0 spiro atoms. The van der Waals surface area contributed by atoms with Gasteiger partial charge in [0.1, 0.15) is 6.54 Å². The maximum atomic E-state index is 12.9. The van der Waals surface area contributed by atoms with Crippen LogP contribution in [0.4, 0.5) is 23.7 Å². The summed E-state index contributed by atoms with van der Waals surface area (Å²) in [6, 6.07) is 4.37. The standard InChI is InChI=1S/C22H31F3N4O5/c1-21(2,11-19(31)29(13-18(30)28-33)12-15-7-3-4-8-15)14-26-20(32)27-16-9-5-6-10-17(16)34-22(23,24)25/h5-6,9-10,15,33H,3-4,7-8,11-14H2,1-2H3,(H,28,30)(H2,26,27,32). The quantitative estimate of drug-likeness (QED) is 0.296. The average molecular weight is 489 g/mol. The third-order valence-corrected chi connectivity index (χ3v) is 5.48. The molecule has 1 aromatic carbocycles. The number of alkyl halides is 3. The molecule has 0 heterocycles. The molecule has 9 nitrogen and oxygen atoms in total. The molecule has 2 rings (SSSR count). The SMILES string of the molecule is CC(C)(CNC(=O)Nc1ccccc1OC(F)(F)F)CC(=O)N(CC(=O)NO)CC1CCCC1. The molecule has 12 heteroatoms. The number of halogens is 3. The zero-order valence-corrected chi connectivity index (χ0v) is 19.2. The number of carbonyl (C=O) groups excluding carboxylic acids is 3. The molecule has 190 valence electrons. The topological polar surface area (TPSA) is 120 Å². The normalized spacial score (nSPS) is 14.4. The number of hydrogen-bond donors (Lipinski definition) is 4. The van der Waals surface area contributed by atoms with Gasteiger partial charge in [-0.05, 0) is 36.3 Å². The van der Waals surface area contributed by atoms with E-state index in [0.29, 0.717) is 12.5 Å². The third-order valence-electron chi connectivity index (χ3n) is 5.48. The highest BCUT2D eigenvalue weighted by Crippen LogP contribution is 2.30. The third kappa shape index (κ3) is 9.46. The molecule has 0 bridgehead atoms. The number of hydrogen-bond acceptors (Lipinski definition) is 5. The largest absolute Gasteiger partial charge is 0.573 e. The second-order valence-corrected chi connectivity index (χ2v) is 9.15. The summed E-state index contributed by atoms with van der Waals surface area (Å²) in [6.45, 7) is 3.66. The van der Waals surface area contributed by atoms with Gasteiger partial charge < -0.3 is 20.3 Å². The first-order valence-corrected chi connectivity index (χ1v) is 11.0. The van der Waals surface area contributed by atoms with Gasteiger partial charge in [-0.2, -0.15) is 0 Å². The maximum Gasteiger partial charge on any atom is 0.573 e. The number of amides is 4. The first kappa shape index (κ1) is 27.2. The van der Waals surface area contributed by atoms with Crippen LogP contribution in [0, 0.1) is 11.3 Å². The molecule has 1 aromatic rings. The van der Waals surface area contributed by atoms with Gasteiger partial charge in [-0.3, -0.25) is 14.8 Å². The number of para-hydroxylation sites is 2. The van der Waals surface area contributed by atoms with Crippen molar-refractivity contribution in [2.24, 2.45) is 11.3 Å². The van der Waals surface area contributed by atoms with Gasteiger partial charge in [-0.15, -0.1) is 13.2 Å². The van der Waals surface area contributed by atoms with Crippen LogP contribution in [-0.2, 0) is 9.59 Å². The Labute approximate surface area is 196 Å². The smallest absolute Gasteiger partial charge is 0.404 e. The lowest BCUT2D eigenvalue weighted by Gasteiger charge is -2.30. The van der Waals surface area contributed by atoms with Crippen molar-refractivity contribution in [2.75, 3.05) is 25.0 Å². The Bertz CT molecular complexity index is 857. The zero-order valence-electron chi connectivity index (χ0n) is 19.2. The van der Waals surface area contributed by atoms with Crippen LogP contribution < -0.4 is 20.9 Å². The van der Waals surface area contributed by atoms with Gasteiger partial charge in [0.25, 0.3) is 5.91 Å². The van der Waals surface area contributed by atoms with Crippen molar-refractivity contribution < 1.29 is 37.5 Å². The molecule has 0 saturated heterocycles. The van der Waals surface area contributed by atoms with E-state index >= 15 is 0 Å². The number of rotatable bonds is 10. The lowest BCUT2D eigenvalue weighted by Crippen LogP contribution is -2.45. The number of anilines is 1. The van der Waals surface area contributed by atoms with Crippen LogP contribution in [0.15, 0.2) is 24.3 Å². The molecule has 0 unspecified atom stereocenters. The van der Waals surface area contributed by atoms with Crippen molar-refractivity contribution in [1.29, 1.82) is 0 Å². The lowest BCUT2D eigenvalue weighted by atomic mass is 9.88. The van der Waals surface area contributed by atoms with Gasteiger partial charge in [-0.25, -0.2) is 10.3 Å². The Balaban J connectivity index is 1.93. The molecule has 34 heavy (non-hydrogen) atoms. The number of carbonyl (C=O) groups is 3. The highest BCUT2D eigenvalue weighted by atomic mass is 19.4. The van der Waals surface area contributed by atoms with Crippen molar-refractivity contribution in [3.63, 3.8) is 0 Å². The zero-order chi connectivity index (χ0) is 25.4. The maximum absolute atomic E-state index is 12.9. The molecular formula is C22H31F3N4O5. The molecule has 1 fully saturated rings. The molecule has 4 N–H and O–H groups in total. The van der Waals surface area contributed by atoms with Gasteiger partial charge in [0.15, 0.2) is 5.75 Å². The Morgan fingerprint density at radius 1 is 1.15 bits per heavy atom. The summed E-state index contributed by atoms with van der Waals surface area (Å²) in [4.78, 5) is 38.3. The van der Waals surface area contributed by atoms with E-state index < -0.39 is 29.5 Å². The minimum atomic E-state index is -4.91. The van der Waals surface area contributed by atoms with E-state index in [1.54, 1.807) is 19.3 Å². The van der Waals surface area contributed by atoms with Crippen LogP contribution in [0.25, 0.3) is 0 Å². The van der Waals surface area contributed by atoms with Gasteiger partial charge in [0.05, 0.1) is 5.69 Å². The van der Waals surface area contributed by atoms with E-state index in [1.807, 2.05) is 0 Å². The van der Waals surface area contributed by atoms with Crippen molar-refractivity contribution in [3.05, 3.63) is 24.3 Å². The number of nitrogens with zero attached hydrogens (tertiary/aromatic N) is 1. The molecule has 1 aliphatic rings. The summed E-state index contributed by atoms with van der Waals surface area (Å²) in [5, 5.41) is 13.7. The average Bonchev–Trinajstić information content (AvgIpc) is 3.25. The van der Waals surface area contributed by atoms with Gasteiger partial charge >= 0.3 is 12.4 Å². The minimum absolute atomic E-state index is 0.00643. The Morgan fingerprint density at radius 3 is 2.41 bits per heavy atom. The van der Waals surface area contributed by atoms with E-state index in [9.17, 15) is 27.6 Å². The number of nitrogens with one attached hydrogen (secondary N) is 3. The second kappa shape index (κ2) is 11.9. The van der Waals surface area contributed by atoms with Crippen LogP contribution in [0.2, 0.25) is 0 Å². The number of urea groups is 1. The predicted molar refractivity (Wildman–Crippen MR) is 117 cm³/mol. The van der Waals surface area contributed by atoms with E-state index in [1.165, 1.54) is 23.1 Å². The lowest BCUT2D eigenvalue weighted by molar-refractivity contribution is -0.274. The van der Waals surface area contributed by atoms with E-state index in [0.717, 1.165) is 31.7 Å². The Hall–Kier alpha value is -3.02. The Morgan fingerprint density at radius 2 is 1.79 bits per heavy atom. The summed E-state index contributed by atoms with van der Waals surface area (Å²) >= 11 is 0. The molecule has 0 radical (unpaired) electrons. The fourth-order valence-corrected chi connectivity index (χ4v) is 3.82. The van der Waals surface area contributed by atoms with E-state index in [4.69, 9.17) is 5.21 Å². The van der Waals surface area contributed by atoms with Crippen LogP contribution in [-0.4, -0.2) is 53.9 Å². The fourth-order valence-electron chi connectivity index (χ4n) is 3.82. The van der Waals surface area contributed by atoms with Crippen LogP contribution in [0.1, 0.15) is 46.0 Å². The van der Waals surface area contributed by atoms with Crippen LogP contribution in [0.3, 0.4) is 0 Å². The first-order valence-electron chi connectivity index (χ1n) is 11.0. The number of hydroxylamine groups is 1.